The number of hydrogen-bond acceptors (Lipinski definition) is 3. The van der Waals surface area contributed by atoms with Crippen LogP contribution < -0.4 is 5.32 Å². The summed E-state index contributed by atoms with van der Waals surface area (Å²) in [5, 5.41) is 3.11. The Bertz CT molecular complexity index is 914. The Kier molecular flexibility index (Phi) is 9.15. The van der Waals surface area contributed by atoms with Gasteiger partial charge in [0.2, 0.25) is 11.8 Å². The van der Waals surface area contributed by atoms with E-state index in [9.17, 15) is 14.0 Å². The molecule has 4 nitrogen and oxygen atoms in total. The highest BCUT2D eigenvalue weighted by Gasteiger charge is 2.28. The van der Waals surface area contributed by atoms with Gasteiger partial charge in [0.25, 0.3) is 0 Å². The molecule has 1 N–H and O–H groups in total. The van der Waals surface area contributed by atoms with E-state index in [1.807, 2.05) is 12.1 Å². The molecule has 0 spiro atoms. The number of benzene rings is 2. The normalized spacial score (nSPS) is 15.2. The highest BCUT2D eigenvalue weighted by atomic mass is 32.2. The van der Waals surface area contributed by atoms with E-state index in [4.69, 9.17) is 0 Å². The predicted octanol–water partition coefficient (Wildman–Crippen LogP) is 5.23. The summed E-state index contributed by atoms with van der Waals surface area (Å²) in [5.41, 5.74) is 2.80. The molecule has 6 heteroatoms. The van der Waals surface area contributed by atoms with E-state index in [0.29, 0.717) is 11.3 Å². The first kappa shape index (κ1) is 24.3. The minimum Gasteiger partial charge on any atom is -0.352 e. The number of rotatable bonds is 9. The van der Waals surface area contributed by atoms with Crippen LogP contribution in [0.15, 0.2) is 48.5 Å². The van der Waals surface area contributed by atoms with Gasteiger partial charge in [0.1, 0.15) is 11.9 Å². The number of halogens is 1. The van der Waals surface area contributed by atoms with Gasteiger partial charge in [-0.05, 0) is 43.9 Å². The maximum absolute atomic E-state index is 14.3. The van der Waals surface area contributed by atoms with Crippen molar-refractivity contribution in [2.75, 3.05) is 5.75 Å². The molecule has 3 rings (SSSR count). The van der Waals surface area contributed by atoms with Crippen LogP contribution in [0.25, 0.3) is 0 Å². The Balaban J connectivity index is 1.67. The number of thioether (sulfide) groups is 1. The zero-order valence-electron chi connectivity index (χ0n) is 19.0. The number of nitrogens with one attached hydrogen (secondary N) is 1. The Morgan fingerprint density at radius 1 is 1.06 bits per heavy atom. The SMILES string of the molecule is Cc1ccccc1CSCC(=O)N(Cc1ccccc1F)[C@@H](C)C(=O)NC1CCCCC1. The molecule has 2 amide bonds. The van der Waals surface area contributed by atoms with Crippen LogP contribution in [0.4, 0.5) is 4.39 Å². The molecule has 2 aromatic carbocycles. The van der Waals surface area contributed by atoms with E-state index in [1.165, 1.54) is 40.3 Å². The lowest BCUT2D eigenvalue weighted by atomic mass is 9.95. The Morgan fingerprint density at radius 3 is 2.41 bits per heavy atom. The molecule has 0 bridgehead atoms. The molecule has 0 radical (unpaired) electrons. The summed E-state index contributed by atoms with van der Waals surface area (Å²) in [6, 6.07) is 14.0. The van der Waals surface area contributed by atoms with Crippen molar-refractivity contribution in [2.24, 2.45) is 0 Å². The smallest absolute Gasteiger partial charge is 0.242 e. The number of aryl methyl sites for hydroxylation is 1. The average molecular weight is 457 g/mol. The molecule has 0 unspecified atom stereocenters. The summed E-state index contributed by atoms with van der Waals surface area (Å²) >= 11 is 1.52. The van der Waals surface area contributed by atoms with Crippen LogP contribution in [-0.2, 0) is 21.9 Å². The summed E-state index contributed by atoms with van der Waals surface area (Å²) in [4.78, 5) is 27.7. The monoisotopic (exact) mass is 456 g/mol. The molecule has 0 aliphatic heterocycles. The van der Waals surface area contributed by atoms with Gasteiger partial charge >= 0.3 is 0 Å². The van der Waals surface area contributed by atoms with Crippen LogP contribution in [0, 0.1) is 12.7 Å². The lowest BCUT2D eigenvalue weighted by Gasteiger charge is -2.31. The summed E-state index contributed by atoms with van der Waals surface area (Å²) in [6.45, 7) is 3.87. The molecule has 1 fully saturated rings. The van der Waals surface area contributed by atoms with E-state index in [-0.39, 0.29) is 36.0 Å². The maximum atomic E-state index is 14.3. The topological polar surface area (TPSA) is 49.4 Å². The van der Waals surface area contributed by atoms with Gasteiger partial charge in [-0.25, -0.2) is 4.39 Å². The highest BCUT2D eigenvalue weighted by Crippen LogP contribution is 2.20. The molecular weight excluding hydrogens is 423 g/mol. The summed E-state index contributed by atoms with van der Waals surface area (Å²) < 4.78 is 14.3. The zero-order chi connectivity index (χ0) is 22.9. The first-order chi connectivity index (χ1) is 15.5. The van der Waals surface area contributed by atoms with Crippen molar-refractivity contribution in [3.05, 3.63) is 71.0 Å². The Labute approximate surface area is 195 Å². The lowest BCUT2D eigenvalue weighted by molar-refractivity contribution is -0.139. The molecule has 1 aliphatic rings. The quantitative estimate of drug-likeness (QED) is 0.562. The van der Waals surface area contributed by atoms with Gasteiger partial charge < -0.3 is 10.2 Å². The van der Waals surface area contributed by atoms with Gasteiger partial charge in [-0.1, -0.05) is 61.7 Å². The first-order valence-corrected chi connectivity index (χ1v) is 12.6. The van der Waals surface area contributed by atoms with E-state index < -0.39 is 6.04 Å². The van der Waals surface area contributed by atoms with Crippen molar-refractivity contribution in [2.45, 2.75) is 70.3 Å². The van der Waals surface area contributed by atoms with E-state index in [0.717, 1.165) is 25.7 Å². The molecular formula is C26H33FN2O2S. The molecule has 0 aromatic heterocycles. The second-order valence-corrected chi connectivity index (χ2v) is 9.54. The third-order valence-electron chi connectivity index (χ3n) is 6.16. The van der Waals surface area contributed by atoms with Gasteiger partial charge in [-0.2, -0.15) is 0 Å². The Morgan fingerprint density at radius 2 is 1.72 bits per heavy atom. The van der Waals surface area contributed by atoms with Crippen molar-refractivity contribution in [1.29, 1.82) is 0 Å². The largest absolute Gasteiger partial charge is 0.352 e. The molecule has 1 saturated carbocycles. The van der Waals surface area contributed by atoms with E-state index in [1.54, 1.807) is 25.1 Å². The third-order valence-corrected chi connectivity index (χ3v) is 7.13. The van der Waals surface area contributed by atoms with Gasteiger partial charge in [-0.3, -0.25) is 9.59 Å². The summed E-state index contributed by atoms with van der Waals surface area (Å²) in [6.07, 6.45) is 5.40. The van der Waals surface area contributed by atoms with E-state index in [2.05, 4.69) is 24.4 Å². The lowest BCUT2D eigenvalue weighted by Crippen LogP contribution is -2.51. The van der Waals surface area contributed by atoms with Gasteiger partial charge in [-0.15, -0.1) is 11.8 Å². The fraction of sp³-hybridized carbons (Fsp3) is 0.462. The van der Waals surface area contributed by atoms with Crippen molar-refractivity contribution in [3.8, 4) is 0 Å². The number of nitrogens with zero attached hydrogens (tertiary/aromatic N) is 1. The molecule has 172 valence electrons. The van der Waals surface area contributed by atoms with Gasteiger partial charge in [0.05, 0.1) is 5.75 Å². The van der Waals surface area contributed by atoms with Crippen molar-refractivity contribution < 1.29 is 14.0 Å². The molecule has 0 saturated heterocycles. The average Bonchev–Trinajstić information content (AvgIpc) is 2.80. The Hall–Kier alpha value is -2.34. The molecule has 32 heavy (non-hydrogen) atoms. The third kappa shape index (κ3) is 6.83. The number of carbonyl (C=O) groups excluding carboxylic acids is 2. The highest BCUT2D eigenvalue weighted by molar-refractivity contribution is 7.99. The van der Waals surface area contributed by atoms with Gasteiger partial charge in [0, 0.05) is 23.9 Å². The molecule has 1 aliphatic carbocycles. The van der Waals surface area contributed by atoms with Crippen molar-refractivity contribution in [3.63, 3.8) is 0 Å². The predicted molar refractivity (Wildman–Crippen MR) is 129 cm³/mol. The number of hydrogen-bond donors (Lipinski definition) is 1. The van der Waals surface area contributed by atoms with Crippen LogP contribution >= 0.6 is 11.8 Å². The van der Waals surface area contributed by atoms with Crippen LogP contribution in [0.3, 0.4) is 0 Å². The van der Waals surface area contributed by atoms with E-state index >= 15 is 0 Å². The molecule has 2 aromatic rings. The minimum absolute atomic E-state index is 0.0791. The second-order valence-electron chi connectivity index (χ2n) is 8.55. The minimum atomic E-state index is -0.664. The fourth-order valence-corrected chi connectivity index (χ4v) is 5.05. The van der Waals surface area contributed by atoms with Crippen LogP contribution in [-0.4, -0.2) is 34.6 Å². The summed E-state index contributed by atoms with van der Waals surface area (Å²) in [7, 11) is 0. The van der Waals surface area contributed by atoms with Crippen LogP contribution in [0.1, 0.15) is 55.7 Å². The van der Waals surface area contributed by atoms with Crippen molar-refractivity contribution >= 4 is 23.6 Å². The number of carbonyl (C=O) groups is 2. The molecule has 1 atom stereocenters. The zero-order valence-corrected chi connectivity index (χ0v) is 19.8. The van der Waals surface area contributed by atoms with Crippen LogP contribution in [0.5, 0.6) is 0 Å². The standard InChI is InChI=1S/C26H33FN2O2S/c1-19-10-6-7-12-22(19)17-32-18-25(30)29(16-21-11-8-9-15-24(21)27)20(2)26(31)28-23-13-4-3-5-14-23/h6-12,15,20,23H,3-5,13-14,16-18H2,1-2H3,(H,28,31)/t20-/m0/s1. The van der Waals surface area contributed by atoms with Crippen molar-refractivity contribution in [1.82, 2.24) is 10.2 Å². The fourth-order valence-electron chi connectivity index (χ4n) is 4.06. The number of amides is 2. The van der Waals surface area contributed by atoms with Crippen LogP contribution in [0.2, 0.25) is 0 Å². The molecule has 0 heterocycles. The summed E-state index contributed by atoms with van der Waals surface area (Å²) in [5.74, 6) is 0.278. The van der Waals surface area contributed by atoms with Gasteiger partial charge in [0.15, 0.2) is 0 Å². The maximum Gasteiger partial charge on any atom is 0.242 e. The first-order valence-electron chi connectivity index (χ1n) is 11.4. The second kappa shape index (κ2) is 12.0.